The topological polar surface area (TPSA) is 48.0 Å². The molecule has 0 aliphatic carbocycles. The summed E-state index contributed by atoms with van der Waals surface area (Å²) in [6.07, 6.45) is -11.3. The molecular formula is C29H31F6NO4. The number of amides is 1. The molecule has 218 valence electrons. The first-order valence-corrected chi connectivity index (χ1v) is 13.3. The molecule has 40 heavy (non-hydrogen) atoms. The maximum absolute atomic E-state index is 13.5. The molecule has 3 saturated heterocycles. The van der Waals surface area contributed by atoms with Crippen molar-refractivity contribution in [3.8, 4) is 0 Å². The second kappa shape index (κ2) is 11.0. The van der Waals surface area contributed by atoms with E-state index in [2.05, 4.69) is 0 Å². The first kappa shape index (κ1) is 28.9. The lowest BCUT2D eigenvalue weighted by atomic mass is 9.76. The molecule has 0 aromatic heterocycles. The molecule has 0 bridgehead atoms. The van der Waals surface area contributed by atoms with Crippen molar-refractivity contribution in [2.24, 2.45) is 17.8 Å². The zero-order valence-electron chi connectivity index (χ0n) is 22.1. The number of likely N-dealkylation sites (tertiary alicyclic amines) is 1. The molecule has 2 aromatic rings. The molecule has 0 saturated carbocycles. The number of nitrogens with zero attached hydrogens (tertiary/aromatic N) is 1. The highest BCUT2D eigenvalue weighted by molar-refractivity contribution is 5.79. The average molecular weight is 572 g/mol. The lowest BCUT2D eigenvalue weighted by Gasteiger charge is -2.41. The molecule has 11 heteroatoms. The Balaban J connectivity index is 1.44. The molecule has 3 aliphatic rings. The second-order valence-electron chi connectivity index (χ2n) is 10.9. The Morgan fingerprint density at radius 1 is 1.00 bits per heavy atom. The summed E-state index contributed by atoms with van der Waals surface area (Å²) < 4.78 is 98.5. The quantitative estimate of drug-likeness (QED) is 0.392. The molecule has 1 amide bonds. The molecule has 5 nitrogen and oxygen atoms in total. The molecule has 3 fully saturated rings. The third kappa shape index (κ3) is 5.87. The zero-order valence-corrected chi connectivity index (χ0v) is 22.1. The SMILES string of the molecule is Cc1ccccc1[C@H]1C2CN(C(=O)C3CCOC3)C[C@H]2CO[C@@H]1O[C@H](C)c1cc(C(F)(F)F)cc(C(F)(F)F)c1. The number of halogens is 6. The summed E-state index contributed by atoms with van der Waals surface area (Å²) >= 11 is 0. The second-order valence-corrected chi connectivity index (χ2v) is 10.9. The maximum atomic E-state index is 13.5. The molecule has 2 aromatic carbocycles. The Labute approximate surface area is 228 Å². The van der Waals surface area contributed by atoms with E-state index in [0.717, 1.165) is 11.1 Å². The van der Waals surface area contributed by atoms with Gasteiger partial charge in [0.2, 0.25) is 5.91 Å². The van der Waals surface area contributed by atoms with Crippen LogP contribution in [0.1, 0.15) is 53.2 Å². The summed E-state index contributed by atoms with van der Waals surface area (Å²) in [6, 6.07) is 9.08. The van der Waals surface area contributed by atoms with Gasteiger partial charge in [-0.25, -0.2) is 0 Å². The highest BCUT2D eigenvalue weighted by Crippen LogP contribution is 2.46. The Hall–Kier alpha value is -2.63. The molecular weight excluding hydrogens is 540 g/mol. The van der Waals surface area contributed by atoms with Crippen LogP contribution in [-0.4, -0.2) is 50.0 Å². The van der Waals surface area contributed by atoms with Crippen LogP contribution in [0.2, 0.25) is 0 Å². The Kier molecular flexibility index (Phi) is 7.93. The maximum Gasteiger partial charge on any atom is 0.416 e. The van der Waals surface area contributed by atoms with Crippen molar-refractivity contribution in [1.29, 1.82) is 0 Å². The van der Waals surface area contributed by atoms with E-state index in [-0.39, 0.29) is 47.8 Å². The minimum absolute atomic E-state index is 0.0106. The Morgan fingerprint density at radius 3 is 2.27 bits per heavy atom. The summed E-state index contributed by atoms with van der Waals surface area (Å²) in [4.78, 5) is 15.0. The van der Waals surface area contributed by atoms with Crippen LogP contribution in [0.5, 0.6) is 0 Å². The Morgan fingerprint density at radius 2 is 1.68 bits per heavy atom. The van der Waals surface area contributed by atoms with Gasteiger partial charge in [0.1, 0.15) is 0 Å². The molecule has 6 atom stereocenters. The molecule has 3 aliphatic heterocycles. The van der Waals surface area contributed by atoms with E-state index < -0.39 is 35.9 Å². The fourth-order valence-corrected chi connectivity index (χ4v) is 6.13. The van der Waals surface area contributed by atoms with E-state index in [1.807, 2.05) is 36.1 Å². The molecule has 0 radical (unpaired) electrons. The number of rotatable bonds is 5. The lowest BCUT2D eigenvalue weighted by molar-refractivity contribution is -0.217. The summed E-state index contributed by atoms with van der Waals surface area (Å²) in [6.45, 7) is 5.51. The number of aryl methyl sites for hydroxylation is 1. The number of carbonyl (C=O) groups is 1. The van der Waals surface area contributed by atoms with Crippen molar-refractivity contribution in [1.82, 2.24) is 4.90 Å². The van der Waals surface area contributed by atoms with E-state index in [4.69, 9.17) is 14.2 Å². The predicted molar refractivity (Wildman–Crippen MR) is 132 cm³/mol. The van der Waals surface area contributed by atoms with Gasteiger partial charge in [0.25, 0.3) is 0 Å². The number of carbonyl (C=O) groups excluding carboxylic acids is 1. The summed E-state index contributed by atoms with van der Waals surface area (Å²) in [5, 5.41) is 0. The van der Waals surface area contributed by atoms with Crippen LogP contribution in [0.4, 0.5) is 26.3 Å². The van der Waals surface area contributed by atoms with Gasteiger partial charge in [0.05, 0.1) is 36.4 Å². The minimum Gasteiger partial charge on any atom is -0.381 e. The van der Waals surface area contributed by atoms with Crippen molar-refractivity contribution in [3.05, 3.63) is 70.3 Å². The first-order valence-electron chi connectivity index (χ1n) is 13.3. The lowest BCUT2D eigenvalue weighted by Crippen LogP contribution is -2.42. The summed E-state index contributed by atoms with van der Waals surface area (Å²) in [5.74, 6) is -0.589. The van der Waals surface area contributed by atoms with Gasteiger partial charge in [-0.1, -0.05) is 24.3 Å². The van der Waals surface area contributed by atoms with E-state index in [0.29, 0.717) is 44.9 Å². The average Bonchev–Trinajstić information content (AvgIpc) is 3.58. The van der Waals surface area contributed by atoms with E-state index in [1.54, 1.807) is 0 Å². The molecule has 0 spiro atoms. The van der Waals surface area contributed by atoms with Gasteiger partial charge in [-0.3, -0.25) is 4.79 Å². The van der Waals surface area contributed by atoms with E-state index >= 15 is 0 Å². The smallest absolute Gasteiger partial charge is 0.381 e. The van der Waals surface area contributed by atoms with Gasteiger partial charge in [0.15, 0.2) is 6.29 Å². The highest BCUT2D eigenvalue weighted by atomic mass is 19.4. The predicted octanol–water partition coefficient (Wildman–Crippen LogP) is 6.36. The van der Waals surface area contributed by atoms with Gasteiger partial charge in [-0.2, -0.15) is 26.3 Å². The van der Waals surface area contributed by atoms with Gasteiger partial charge < -0.3 is 19.1 Å². The number of ether oxygens (including phenoxy) is 3. The molecule has 3 heterocycles. The van der Waals surface area contributed by atoms with Crippen molar-refractivity contribution in [2.45, 2.75) is 50.9 Å². The molecule has 0 N–H and O–H groups in total. The number of alkyl halides is 6. The van der Waals surface area contributed by atoms with Crippen molar-refractivity contribution < 1.29 is 45.3 Å². The zero-order chi connectivity index (χ0) is 28.8. The van der Waals surface area contributed by atoms with Crippen molar-refractivity contribution in [3.63, 3.8) is 0 Å². The molecule has 2 unspecified atom stereocenters. The minimum atomic E-state index is -4.96. The normalized spacial score (nSPS) is 28.0. The van der Waals surface area contributed by atoms with Crippen molar-refractivity contribution in [2.75, 3.05) is 32.9 Å². The van der Waals surface area contributed by atoms with Gasteiger partial charge >= 0.3 is 12.4 Å². The van der Waals surface area contributed by atoms with E-state index in [1.165, 1.54) is 6.92 Å². The van der Waals surface area contributed by atoms with Crippen LogP contribution in [-0.2, 0) is 31.4 Å². The largest absolute Gasteiger partial charge is 0.416 e. The van der Waals surface area contributed by atoms with Crippen LogP contribution in [0.25, 0.3) is 0 Å². The van der Waals surface area contributed by atoms with Gasteiger partial charge in [-0.05, 0) is 61.1 Å². The standard InChI is InChI=1S/C29H31F6NO4/c1-16-5-3-4-6-23(16)25-24-13-36(26(37)18-7-8-38-14-18)12-20(24)15-39-27(25)40-17(2)19-9-21(28(30,31)32)11-22(10-19)29(33,34)35/h3-6,9-11,17-18,20,24-25,27H,7-8,12-15H2,1-2H3/t17-,18?,20+,24?,25+,27-/m1/s1. The van der Waals surface area contributed by atoms with Crippen LogP contribution in [0, 0.1) is 24.7 Å². The van der Waals surface area contributed by atoms with Crippen LogP contribution >= 0.6 is 0 Å². The fraction of sp³-hybridized carbons (Fsp3) is 0.552. The van der Waals surface area contributed by atoms with Crippen molar-refractivity contribution >= 4 is 5.91 Å². The van der Waals surface area contributed by atoms with Crippen LogP contribution in [0.15, 0.2) is 42.5 Å². The number of hydrogen-bond acceptors (Lipinski definition) is 4. The highest BCUT2D eigenvalue weighted by Gasteiger charge is 2.49. The summed E-state index contributed by atoms with van der Waals surface area (Å²) in [5.41, 5.74) is -1.18. The number of fused-ring (bicyclic) bond motifs is 1. The number of hydrogen-bond donors (Lipinski definition) is 0. The van der Waals surface area contributed by atoms with Gasteiger partial charge in [0, 0.05) is 31.5 Å². The van der Waals surface area contributed by atoms with Gasteiger partial charge in [-0.15, -0.1) is 0 Å². The number of benzene rings is 2. The molecule has 5 rings (SSSR count). The van der Waals surface area contributed by atoms with Crippen LogP contribution in [0.3, 0.4) is 0 Å². The van der Waals surface area contributed by atoms with Crippen LogP contribution < -0.4 is 0 Å². The fourth-order valence-electron chi connectivity index (χ4n) is 6.13. The Bertz CT molecular complexity index is 1190. The first-order chi connectivity index (χ1) is 18.8. The summed E-state index contributed by atoms with van der Waals surface area (Å²) in [7, 11) is 0. The van der Waals surface area contributed by atoms with E-state index in [9.17, 15) is 31.1 Å². The third-order valence-corrected chi connectivity index (χ3v) is 8.28. The monoisotopic (exact) mass is 571 g/mol. The third-order valence-electron chi connectivity index (χ3n) is 8.28.